The van der Waals surface area contributed by atoms with Crippen LogP contribution in [0.15, 0.2) is 54.6 Å². The summed E-state index contributed by atoms with van der Waals surface area (Å²) in [5, 5.41) is 11.5. The van der Waals surface area contributed by atoms with Gasteiger partial charge in [0.2, 0.25) is 5.91 Å². The molecule has 0 atom stereocenters. The number of anilines is 2. The number of hydrogen-bond acceptors (Lipinski definition) is 3. The summed E-state index contributed by atoms with van der Waals surface area (Å²) < 4.78 is 0. The SMILES string of the molecule is Nc1ccc(/C=C/C(=O)Nc2cccc(C(=O)O)c2)cc1. The number of nitrogens with two attached hydrogens (primary N) is 1. The first kappa shape index (κ1) is 14.3. The average molecular weight is 282 g/mol. The number of hydrogen-bond donors (Lipinski definition) is 3. The van der Waals surface area contributed by atoms with E-state index in [4.69, 9.17) is 10.8 Å². The Labute approximate surface area is 121 Å². The Kier molecular flexibility index (Phi) is 4.36. The van der Waals surface area contributed by atoms with Gasteiger partial charge in [-0.1, -0.05) is 18.2 Å². The third kappa shape index (κ3) is 4.21. The van der Waals surface area contributed by atoms with Gasteiger partial charge >= 0.3 is 5.97 Å². The predicted molar refractivity (Wildman–Crippen MR) is 81.9 cm³/mol. The Balaban J connectivity index is 2.03. The molecule has 0 aliphatic heterocycles. The van der Waals surface area contributed by atoms with Gasteiger partial charge in [0.05, 0.1) is 5.56 Å². The number of carboxylic acids is 1. The maximum absolute atomic E-state index is 11.8. The summed E-state index contributed by atoms with van der Waals surface area (Å²) in [5.41, 5.74) is 7.63. The maximum Gasteiger partial charge on any atom is 0.335 e. The van der Waals surface area contributed by atoms with Gasteiger partial charge in [-0.25, -0.2) is 4.79 Å². The summed E-state index contributed by atoms with van der Waals surface area (Å²) in [5.74, 6) is -1.38. The zero-order chi connectivity index (χ0) is 15.2. The first-order valence-electron chi connectivity index (χ1n) is 6.22. The normalized spacial score (nSPS) is 10.5. The molecule has 0 saturated heterocycles. The molecule has 0 radical (unpaired) electrons. The quantitative estimate of drug-likeness (QED) is 0.593. The molecular weight excluding hydrogens is 268 g/mol. The van der Waals surface area contributed by atoms with Crippen LogP contribution < -0.4 is 11.1 Å². The summed E-state index contributed by atoms with van der Waals surface area (Å²) in [6, 6.07) is 13.1. The maximum atomic E-state index is 11.8. The molecule has 21 heavy (non-hydrogen) atoms. The lowest BCUT2D eigenvalue weighted by molar-refractivity contribution is -0.111. The van der Waals surface area contributed by atoms with Crippen molar-refractivity contribution in [3.05, 3.63) is 65.7 Å². The lowest BCUT2D eigenvalue weighted by atomic mass is 10.2. The van der Waals surface area contributed by atoms with E-state index >= 15 is 0 Å². The highest BCUT2D eigenvalue weighted by Gasteiger charge is 2.04. The summed E-state index contributed by atoms with van der Waals surface area (Å²) in [4.78, 5) is 22.6. The van der Waals surface area contributed by atoms with E-state index in [9.17, 15) is 9.59 Å². The van der Waals surface area contributed by atoms with Crippen molar-refractivity contribution in [2.75, 3.05) is 11.1 Å². The van der Waals surface area contributed by atoms with Gasteiger partial charge in [0.25, 0.3) is 0 Å². The number of carbonyl (C=O) groups excluding carboxylic acids is 1. The Morgan fingerprint density at radius 1 is 1.10 bits per heavy atom. The van der Waals surface area contributed by atoms with E-state index in [1.807, 2.05) is 0 Å². The van der Waals surface area contributed by atoms with Crippen LogP contribution in [0.4, 0.5) is 11.4 Å². The van der Waals surface area contributed by atoms with E-state index in [-0.39, 0.29) is 11.5 Å². The molecule has 1 amide bonds. The van der Waals surface area contributed by atoms with Crippen LogP contribution in [0.3, 0.4) is 0 Å². The van der Waals surface area contributed by atoms with Crippen molar-refractivity contribution in [2.45, 2.75) is 0 Å². The van der Waals surface area contributed by atoms with Gasteiger partial charge in [-0.3, -0.25) is 4.79 Å². The highest BCUT2D eigenvalue weighted by molar-refractivity contribution is 6.02. The van der Waals surface area contributed by atoms with Gasteiger partial charge < -0.3 is 16.2 Å². The van der Waals surface area contributed by atoms with Crippen LogP contribution in [-0.2, 0) is 4.79 Å². The van der Waals surface area contributed by atoms with Crippen LogP contribution in [0.5, 0.6) is 0 Å². The number of aromatic carboxylic acids is 1. The van der Waals surface area contributed by atoms with E-state index in [1.165, 1.54) is 18.2 Å². The molecule has 0 aliphatic carbocycles. The molecule has 106 valence electrons. The monoisotopic (exact) mass is 282 g/mol. The molecule has 0 saturated carbocycles. The molecule has 2 rings (SSSR count). The molecule has 0 fully saturated rings. The predicted octanol–water partition coefficient (Wildman–Crippen LogP) is 2.62. The molecule has 5 nitrogen and oxygen atoms in total. The van der Waals surface area contributed by atoms with Gasteiger partial charge in [0.15, 0.2) is 0 Å². The van der Waals surface area contributed by atoms with Crippen molar-refractivity contribution in [1.82, 2.24) is 0 Å². The van der Waals surface area contributed by atoms with Gasteiger partial charge in [0, 0.05) is 17.5 Å². The van der Waals surface area contributed by atoms with Crippen molar-refractivity contribution < 1.29 is 14.7 Å². The molecule has 0 heterocycles. The topological polar surface area (TPSA) is 92.4 Å². The highest BCUT2D eigenvalue weighted by atomic mass is 16.4. The molecule has 4 N–H and O–H groups in total. The molecule has 0 bridgehead atoms. The molecule has 0 aliphatic rings. The lowest BCUT2D eigenvalue weighted by Crippen LogP contribution is -2.08. The van der Waals surface area contributed by atoms with Crippen LogP contribution in [0.1, 0.15) is 15.9 Å². The second-order valence-corrected chi connectivity index (χ2v) is 4.38. The zero-order valence-corrected chi connectivity index (χ0v) is 11.1. The van der Waals surface area contributed by atoms with Crippen molar-refractivity contribution in [2.24, 2.45) is 0 Å². The van der Waals surface area contributed by atoms with Gasteiger partial charge in [0.1, 0.15) is 0 Å². The average Bonchev–Trinajstić information content (AvgIpc) is 2.47. The fourth-order valence-corrected chi connectivity index (χ4v) is 1.69. The minimum absolute atomic E-state index is 0.121. The largest absolute Gasteiger partial charge is 0.478 e. The van der Waals surface area contributed by atoms with Crippen LogP contribution in [0, 0.1) is 0 Å². The summed E-state index contributed by atoms with van der Waals surface area (Å²) in [6.45, 7) is 0. The van der Waals surface area contributed by atoms with E-state index in [2.05, 4.69) is 5.32 Å². The molecule has 5 heteroatoms. The van der Waals surface area contributed by atoms with Gasteiger partial charge in [-0.15, -0.1) is 0 Å². The highest BCUT2D eigenvalue weighted by Crippen LogP contribution is 2.11. The molecular formula is C16H14N2O3. The fraction of sp³-hybridized carbons (Fsp3) is 0. The minimum atomic E-state index is -1.04. The second kappa shape index (κ2) is 6.38. The van der Waals surface area contributed by atoms with Gasteiger partial charge in [-0.2, -0.15) is 0 Å². The standard InChI is InChI=1S/C16H14N2O3/c17-13-7-4-11(5-8-13)6-9-15(19)18-14-3-1-2-12(10-14)16(20)21/h1-10H,17H2,(H,18,19)(H,20,21)/b9-6+. The lowest BCUT2D eigenvalue weighted by Gasteiger charge is -2.03. The van der Waals surface area contributed by atoms with Crippen molar-refractivity contribution in [3.63, 3.8) is 0 Å². The second-order valence-electron chi connectivity index (χ2n) is 4.38. The fourth-order valence-electron chi connectivity index (χ4n) is 1.69. The Morgan fingerprint density at radius 3 is 2.48 bits per heavy atom. The number of carboxylic acid groups (broad SMARTS) is 1. The van der Waals surface area contributed by atoms with Crippen LogP contribution in [0.25, 0.3) is 6.08 Å². The molecule has 0 aromatic heterocycles. The molecule has 0 unspecified atom stereocenters. The summed E-state index contributed by atoms with van der Waals surface area (Å²) in [6.07, 6.45) is 3.02. The first-order valence-corrected chi connectivity index (χ1v) is 6.22. The Morgan fingerprint density at radius 2 is 1.81 bits per heavy atom. The number of rotatable bonds is 4. The van der Waals surface area contributed by atoms with E-state index in [1.54, 1.807) is 42.5 Å². The van der Waals surface area contributed by atoms with Crippen LogP contribution in [-0.4, -0.2) is 17.0 Å². The van der Waals surface area contributed by atoms with Crippen LogP contribution >= 0.6 is 0 Å². The third-order valence-corrected chi connectivity index (χ3v) is 2.74. The van der Waals surface area contributed by atoms with Crippen molar-refractivity contribution in [3.8, 4) is 0 Å². The van der Waals surface area contributed by atoms with E-state index < -0.39 is 5.97 Å². The van der Waals surface area contributed by atoms with Crippen molar-refractivity contribution in [1.29, 1.82) is 0 Å². The number of nitrogens with one attached hydrogen (secondary N) is 1. The van der Waals surface area contributed by atoms with E-state index in [0.717, 1.165) is 5.56 Å². The number of benzene rings is 2. The zero-order valence-electron chi connectivity index (χ0n) is 11.1. The minimum Gasteiger partial charge on any atom is -0.478 e. The summed E-state index contributed by atoms with van der Waals surface area (Å²) >= 11 is 0. The number of carbonyl (C=O) groups is 2. The van der Waals surface area contributed by atoms with Gasteiger partial charge in [-0.05, 0) is 42.0 Å². The Bertz CT molecular complexity index is 691. The smallest absolute Gasteiger partial charge is 0.335 e. The Hall–Kier alpha value is -3.08. The molecule has 2 aromatic rings. The first-order chi connectivity index (χ1) is 10.0. The number of nitrogen functional groups attached to an aromatic ring is 1. The van der Waals surface area contributed by atoms with Crippen molar-refractivity contribution >= 4 is 29.3 Å². The summed E-state index contributed by atoms with van der Waals surface area (Å²) in [7, 11) is 0. The molecule has 2 aromatic carbocycles. The van der Waals surface area contributed by atoms with Crippen LogP contribution in [0.2, 0.25) is 0 Å². The molecule has 0 spiro atoms. The van der Waals surface area contributed by atoms with E-state index in [0.29, 0.717) is 11.4 Å². The number of amides is 1. The third-order valence-electron chi connectivity index (χ3n) is 2.74.